The monoisotopic (exact) mass is 560 g/mol. The van der Waals surface area contributed by atoms with E-state index in [4.69, 9.17) is 0 Å². The molecule has 0 aromatic heterocycles. The first kappa shape index (κ1) is 27.8. The molecule has 2 aliphatic carbocycles. The van der Waals surface area contributed by atoms with Gasteiger partial charge in [-0.15, -0.1) is 0 Å². The zero-order chi connectivity index (χ0) is 22.1. The van der Waals surface area contributed by atoms with E-state index in [-0.39, 0.29) is 30.2 Å². The van der Waals surface area contributed by atoms with Crippen LogP contribution in [0, 0.1) is 41.5 Å². The molecule has 2 aliphatic rings. The van der Waals surface area contributed by atoms with Gasteiger partial charge in [-0.25, -0.2) is 0 Å². The summed E-state index contributed by atoms with van der Waals surface area (Å²) >= 11 is -1.91. The van der Waals surface area contributed by atoms with Gasteiger partial charge in [0.05, 0.1) is 0 Å². The van der Waals surface area contributed by atoms with E-state index in [1.54, 1.807) is 33.4 Å². The Bertz CT molecular complexity index is 1110. The molecule has 0 heterocycles. The normalized spacial score (nSPS) is 17.9. The van der Waals surface area contributed by atoms with Gasteiger partial charge in [0.15, 0.2) is 0 Å². The first-order valence-electron chi connectivity index (χ1n) is 11.3. The molecule has 0 fully saturated rings. The number of benzene rings is 2. The van der Waals surface area contributed by atoms with Gasteiger partial charge in [-0.3, -0.25) is 0 Å². The summed E-state index contributed by atoms with van der Waals surface area (Å²) in [6.45, 7) is 24.0. The Morgan fingerprint density at radius 3 is 1.25 bits per heavy atom. The van der Waals surface area contributed by atoms with E-state index in [0.717, 1.165) is 7.25 Å². The Hall–Kier alpha value is -0.400. The fraction of sp³-hybridized carbons (Fsp3) is 0.429. The summed E-state index contributed by atoms with van der Waals surface area (Å²) in [7, 11) is 0. The van der Waals surface area contributed by atoms with E-state index in [1.165, 1.54) is 33.4 Å². The van der Waals surface area contributed by atoms with Crippen molar-refractivity contribution in [2.75, 3.05) is 0 Å². The van der Waals surface area contributed by atoms with Crippen LogP contribution in [0.3, 0.4) is 0 Å². The van der Waals surface area contributed by atoms with Gasteiger partial charge in [-0.2, -0.15) is 0 Å². The van der Waals surface area contributed by atoms with Gasteiger partial charge in [0.25, 0.3) is 0 Å². The third-order valence-corrected chi connectivity index (χ3v) is 27.9. The number of hydrogen-bond donors (Lipinski definition) is 0. The zero-order valence-electron chi connectivity index (χ0n) is 21.2. The Morgan fingerprint density at radius 2 is 0.938 bits per heavy atom. The zero-order valence-corrected chi connectivity index (χ0v) is 26.2. The Morgan fingerprint density at radius 1 is 0.594 bits per heavy atom. The summed E-state index contributed by atoms with van der Waals surface area (Å²) in [4.78, 5) is 0. The van der Waals surface area contributed by atoms with E-state index >= 15 is 0 Å². The van der Waals surface area contributed by atoms with Gasteiger partial charge < -0.3 is 24.8 Å². The van der Waals surface area contributed by atoms with Crippen LogP contribution < -0.4 is 24.8 Å². The standard InChI is InChI=1S/2C13H15.C2H6Si.2ClH.Zr/c2*1-8-5-12-7-9(2)10(3)11(4)13(12)6-8;1-3-2;;;/h2*5-7H,1-4H3;1-2H3;2*1H;/q;;;;;+2/p-2. The van der Waals surface area contributed by atoms with Crippen molar-refractivity contribution in [3.05, 3.63) is 78.9 Å². The summed E-state index contributed by atoms with van der Waals surface area (Å²) < 4.78 is 1.48. The van der Waals surface area contributed by atoms with Crippen molar-refractivity contribution in [1.82, 2.24) is 0 Å². The van der Waals surface area contributed by atoms with Crippen LogP contribution >= 0.6 is 0 Å². The molecule has 0 amide bonds. The van der Waals surface area contributed by atoms with Gasteiger partial charge >= 0.3 is 193 Å². The van der Waals surface area contributed by atoms with Gasteiger partial charge in [-0.1, -0.05) is 0 Å². The molecule has 2 aromatic carbocycles. The Labute approximate surface area is 216 Å². The van der Waals surface area contributed by atoms with Crippen molar-refractivity contribution >= 4 is 17.6 Å². The SMILES string of the molecule is CC1=Cc2c(cc(C)c(C)c2C)[CH]1[Zr+2]([CH]1C(C)=Cc2c1cc(C)c(C)c2C)=[Si](C)C.[Cl-].[Cl-]. The molecule has 0 radical (unpaired) electrons. The van der Waals surface area contributed by atoms with Gasteiger partial charge in [0, 0.05) is 0 Å². The van der Waals surface area contributed by atoms with Crippen molar-refractivity contribution in [3.63, 3.8) is 0 Å². The van der Waals surface area contributed by atoms with Crippen molar-refractivity contribution in [2.45, 2.75) is 75.7 Å². The van der Waals surface area contributed by atoms with Crippen molar-refractivity contribution in [3.8, 4) is 0 Å². The molecule has 2 aromatic rings. The van der Waals surface area contributed by atoms with Crippen LogP contribution in [0.15, 0.2) is 23.3 Å². The maximum absolute atomic E-state index is 2.62. The minimum absolute atomic E-state index is 0. The molecule has 4 heteroatoms. The molecule has 0 bridgehead atoms. The molecule has 0 N–H and O–H groups in total. The largest absolute Gasteiger partial charge is 1.00 e. The fourth-order valence-electron chi connectivity index (χ4n) is 5.81. The Kier molecular flexibility index (Phi) is 8.76. The maximum atomic E-state index is 2.62. The molecule has 170 valence electrons. The van der Waals surface area contributed by atoms with Crippen LogP contribution in [0.4, 0.5) is 0 Å². The molecule has 0 saturated heterocycles. The Balaban J connectivity index is 0.00000181. The number of allylic oxidation sites excluding steroid dienone is 2. The molecular formula is C28H36Cl2SiZr. The van der Waals surface area contributed by atoms with Gasteiger partial charge in [0.2, 0.25) is 0 Å². The predicted molar refractivity (Wildman–Crippen MR) is 132 cm³/mol. The second-order valence-corrected chi connectivity index (χ2v) is 27.9. The average Bonchev–Trinajstić information content (AvgIpc) is 3.17. The van der Waals surface area contributed by atoms with Crippen LogP contribution in [0.5, 0.6) is 0 Å². The molecule has 0 spiro atoms. The van der Waals surface area contributed by atoms with Crippen LogP contribution in [0.25, 0.3) is 12.2 Å². The minimum atomic E-state index is -1.91. The molecule has 0 saturated carbocycles. The first-order valence-corrected chi connectivity index (χ1v) is 20.3. The van der Waals surface area contributed by atoms with E-state index in [2.05, 4.69) is 92.8 Å². The summed E-state index contributed by atoms with van der Waals surface area (Å²) in [6, 6.07) is 5.11. The maximum Gasteiger partial charge on any atom is -1.00 e. The van der Waals surface area contributed by atoms with Crippen molar-refractivity contribution < 1.29 is 45.2 Å². The first-order chi connectivity index (χ1) is 14.0. The molecular weight excluding hydrogens is 527 g/mol. The smallest absolute Gasteiger partial charge is 1.00 e. The molecule has 0 nitrogen and oxygen atoms in total. The molecule has 32 heavy (non-hydrogen) atoms. The van der Waals surface area contributed by atoms with Gasteiger partial charge in [0.1, 0.15) is 0 Å². The van der Waals surface area contributed by atoms with Gasteiger partial charge in [-0.05, 0) is 0 Å². The number of halogens is 2. The van der Waals surface area contributed by atoms with E-state index < -0.39 is 20.4 Å². The number of rotatable bonds is 2. The quantitative estimate of drug-likeness (QED) is 0.492. The van der Waals surface area contributed by atoms with Crippen LogP contribution in [-0.4, -0.2) is 5.43 Å². The second kappa shape index (κ2) is 10.1. The van der Waals surface area contributed by atoms with E-state index in [0.29, 0.717) is 0 Å². The van der Waals surface area contributed by atoms with Crippen molar-refractivity contribution in [2.24, 2.45) is 0 Å². The second-order valence-electron chi connectivity index (χ2n) is 9.99. The summed E-state index contributed by atoms with van der Waals surface area (Å²) in [6.07, 6.45) is 5.10. The summed E-state index contributed by atoms with van der Waals surface area (Å²) in [5, 5.41) is 0. The third-order valence-electron chi connectivity index (χ3n) is 7.96. The van der Waals surface area contributed by atoms with E-state index in [1.807, 2.05) is 0 Å². The minimum Gasteiger partial charge on any atom is -1.00 e. The fourth-order valence-corrected chi connectivity index (χ4v) is 26.5. The number of fused-ring (bicyclic) bond motifs is 2. The average molecular weight is 563 g/mol. The summed E-state index contributed by atoms with van der Waals surface area (Å²) in [5.41, 5.74) is 18.4. The molecule has 2 atom stereocenters. The van der Waals surface area contributed by atoms with E-state index in [9.17, 15) is 0 Å². The van der Waals surface area contributed by atoms with Crippen LogP contribution in [-0.2, 0) is 20.4 Å². The van der Waals surface area contributed by atoms with Crippen molar-refractivity contribution in [1.29, 1.82) is 0 Å². The van der Waals surface area contributed by atoms with Crippen LogP contribution in [0.2, 0.25) is 13.1 Å². The number of hydrogen-bond acceptors (Lipinski definition) is 0. The molecule has 2 unspecified atom stereocenters. The summed E-state index contributed by atoms with van der Waals surface area (Å²) in [5.74, 6) is 0. The van der Waals surface area contributed by atoms with Crippen LogP contribution in [0.1, 0.15) is 76.7 Å². The topological polar surface area (TPSA) is 0 Å². The number of aryl methyl sites for hydroxylation is 2. The molecule has 0 aliphatic heterocycles. The molecule has 4 rings (SSSR count). The predicted octanol–water partition coefficient (Wildman–Crippen LogP) is 2.03. The third kappa shape index (κ3) is 4.24.